The highest BCUT2D eigenvalue weighted by Crippen LogP contribution is 2.30. The number of pyridine rings is 2. The van der Waals surface area contributed by atoms with Crippen LogP contribution in [0.5, 0.6) is 0 Å². The molecule has 0 saturated heterocycles. The zero-order chi connectivity index (χ0) is 17.5. The predicted octanol–water partition coefficient (Wildman–Crippen LogP) is 4.53. The number of aromatic nitrogens is 3. The average molecular weight is 337 g/mol. The predicted molar refractivity (Wildman–Crippen MR) is 105 cm³/mol. The molecule has 5 aromatic rings. The zero-order valence-electron chi connectivity index (χ0n) is 13.9. The standard InChI is InChI=1S/C22H15N3O/c26-22-19-18(15-8-3-1-4-9-15)14-24-20(19)17-12-7-13-23-21(17)25(22)16-10-5-2-6-11-16/h1-14,24H. The second-order valence-corrected chi connectivity index (χ2v) is 6.17. The van der Waals surface area contributed by atoms with Crippen LogP contribution < -0.4 is 5.56 Å². The van der Waals surface area contributed by atoms with Gasteiger partial charge in [-0.1, -0.05) is 48.5 Å². The third kappa shape index (κ3) is 2.09. The minimum Gasteiger partial charge on any atom is -0.360 e. The number of rotatable bonds is 2. The lowest BCUT2D eigenvalue weighted by Crippen LogP contribution is -2.19. The van der Waals surface area contributed by atoms with Crippen LogP contribution in [0.3, 0.4) is 0 Å². The van der Waals surface area contributed by atoms with Gasteiger partial charge in [-0.05, 0) is 29.8 Å². The summed E-state index contributed by atoms with van der Waals surface area (Å²) in [6.45, 7) is 0. The second kappa shape index (κ2) is 5.70. The van der Waals surface area contributed by atoms with E-state index < -0.39 is 0 Å². The first-order valence-corrected chi connectivity index (χ1v) is 8.46. The van der Waals surface area contributed by atoms with Crippen LogP contribution in [0.25, 0.3) is 38.8 Å². The van der Waals surface area contributed by atoms with Crippen LogP contribution in [0.4, 0.5) is 0 Å². The van der Waals surface area contributed by atoms with E-state index in [-0.39, 0.29) is 5.56 Å². The van der Waals surface area contributed by atoms with E-state index in [1.807, 2.05) is 79.0 Å². The second-order valence-electron chi connectivity index (χ2n) is 6.17. The normalized spacial score (nSPS) is 11.2. The van der Waals surface area contributed by atoms with Crippen LogP contribution in [0.2, 0.25) is 0 Å². The fourth-order valence-corrected chi connectivity index (χ4v) is 3.50. The Morgan fingerprint density at radius 2 is 1.58 bits per heavy atom. The van der Waals surface area contributed by atoms with Crippen LogP contribution in [0, 0.1) is 0 Å². The molecule has 3 heterocycles. The first-order chi connectivity index (χ1) is 12.8. The zero-order valence-corrected chi connectivity index (χ0v) is 13.9. The molecule has 4 nitrogen and oxygen atoms in total. The van der Waals surface area contributed by atoms with E-state index >= 15 is 0 Å². The summed E-state index contributed by atoms with van der Waals surface area (Å²) in [6.07, 6.45) is 3.62. The molecule has 0 spiro atoms. The van der Waals surface area contributed by atoms with E-state index in [4.69, 9.17) is 0 Å². The molecular formula is C22H15N3O. The fourth-order valence-electron chi connectivity index (χ4n) is 3.50. The summed E-state index contributed by atoms with van der Waals surface area (Å²) in [4.78, 5) is 21.3. The number of hydrogen-bond acceptors (Lipinski definition) is 2. The van der Waals surface area contributed by atoms with E-state index in [0.29, 0.717) is 11.0 Å². The number of fused-ring (bicyclic) bond motifs is 3. The van der Waals surface area contributed by atoms with Crippen LogP contribution in [-0.2, 0) is 0 Å². The van der Waals surface area contributed by atoms with E-state index in [9.17, 15) is 4.79 Å². The molecule has 0 fully saturated rings. The molecule has 4 heteroatoms. The van der Waals surface area contributed by atoms with Gasteiger partial charge in [-0.25, -0.2) is 4.98 Å². The molecule has 2 aromatic carbocycles. The third-order valence-corrected chi connectivity index (χ3v) is 4.66. The van der Waals surface area contributed by atoms with Crippen molar-refractivity contribution in [2.45, 2.75) is 0 Å². The van der Waals surface area contributed by atoms with Crippen molar-refractivity contribution in [2.75, 3.05) is 0 Å². The molecule has 0 atom stereocenters. The number of nitrogens with one attached hydrogen (secondary N) is 1. The van der Waals surface area contributed by atoms with Crippen molar-refractivity contribution in [3.8, 4) is 16.8 Å². The first kappa shape index (κ1) is 14.7. The Morgan fingerprint density at radius 3 is 2.35 bits per heavy atom. The van der Waals surface area contributed by atoms with E-state index in [0.717, 1.165) is 27.7 Å². The molecule has 3 aromatic heterocycles. The molecule has 0 amide bonds. The highest BCUT2D eigenvalue weighted by Gasteiger charge is 2.17. The Morgan fingerprint density at radius 1 is 0.846 bits per heavy atom. The largest absolute Gasteiger partial charge is 0.360 e. The molecule has 0 radical (unpaired) electrons. The van der Waals surface area contributed by atoms with Gasteiger partial charge < -0.3 is 4.98 Å². The van der Waals surface area contributed by atoms with Crippen molar-refractivity contribution in [1.82, 2.24) is 14.5 Å². The van der Waals surface area contributed by atoms with E-state index in [1.165, 1.54) is 0 Å². The number of H-pyrrole nitrogens is 1. The highest BCUT2D eigenvalue weighted by molar-refractivity contribution is 6.08. The molecule has 0 aliphatic heterocycles. The van der Waals surface area contributed by atoms with Crippen molar-refractivity contribution in [3.05, 3.63) is 95.5 Å². The Balaban J connectivity index is 1.98. The molecule has 124 valence electrons. The minimum atomic E-state index is -0.0718. The maximum atomic E-state index is 13.5. The van der Waals surface area contributed by atoms with Crippen LogP contribution in [0.1, 0.15) is 0 Å². The van der Waals surface area contributed by atoms with Gasteiger partial charge in [0.15, 0.2) is 0 Å². The lowest BCUT2D eigenvalue weighted by Gasteiger charge is -2.11. The summed E-state index contributed by atoms with van der Waals surface area (Å²) < 4.78 is 1.69. The minimum absolute atomic E-state index is 0.0718. The van der Waals surface area contributed by atoms with Crippen molar-refractivity contribution in [1.29, 1.82) is 0 Å². The molecule has 1 N–H and O–H groups in total. The Bertz CT molecular complexity index is 1290. The summed E-state index contributed by atoms with van der Waals surface area (Å²) in [6, 6.07) is 23.5. The Labute approximate surface area is 149 Å². The fraction of sp³-hybridized carbons (Fsp3) is 0. The SMILES string of the molecule is O=c1c2c(-c3ccccc3)c[nH]c2c2cccnc2n1-c1ccccc1. The molecule has 26 heavy (non-hydrogen) atoms. The number of hydrogen-bond donors (Lipinski definition) is 1. The van der Waals surface area contributed by atoms with Crippen LogP contribution in [0.15, 0.2) is 90.0 Å². The number of benzene rings is 2. The third-order valence-electron chi connectivity index (χ3n) is 4.66. The molecule has 5 rings (SSSR count). The molecular weight excluding hydrogens is 322 g/mol. The topological polar surface area (TPSA) is 50.7 Å². The first-order valence-electron chi connectivity index (χ1n) is 8.46. The molecule has 0 saturated carbocycles. The van der Waals surface area contributed by atoms with Gasteiger partial charge >= 0.3 is 0 Å². The average Bonchev–Trinajstić information content (AvgIpc) is 3.16. The van der Waals surface area contributed by atoms with Crippen LogP contribution in [-0.4, -0.2) is 14.5 Å². The smallest absolute Gasteiger partial charge is 0.266 e. The number of para-hydroxylation sites is 1. The van der Waals surface area contributed by atoms with Gasteiger partial charge in [0.2, 0.25) is 0 Å². The highest BCUT2D eigenvalue weighted by atomic mass is 16.1. The Kier molecular flexibility index (Phi) is 3.22. The van der Waals surface area contributed by atoms with Gasteiger partial charge in [-0.15, -0.1) is 0 Å². The summed E-state index contributed by atoms with van der Waals surface area (Å²) in [7, 11) is 0. The maximum absolute atomic E-state index is 13.5. The number of nitrogens with zero attached hydrogens (tertiary/aromatic N) is 2. The summed E-state index contributed by atoms with van der Waals surface area (Å²) in [5, 5.41) is 1.61. The number of aromatic amines is 1. The van der Waals surface area contributed by atoms with Gasteiger partial charge in [0.25, 0.3) is 5.56 Å². The molecule has 0 aliphatic carbocycles. The van der Waals surface area contributed by atoms with Crippen molar-refractivity contribution in [3.63, 3.8) is 0 Å². The lowest BCUT2D eigenvalue weighted by molar-refractivity contribution is 1.03. The van der Waals surface area contributed by atoms with E-state index in [2.05, 4.69) is 9.97 Å². The van der Waals surface area contributed by atoms with Gasteiger partial charge in [0.1, 0.15) is 5.65 Å². The quantitative estimate of drug-likeness (QED) is 0.514. The lowest BCUT2D eigenvalue weighted by atomic mass is 10.0. The maximum Gasteiger partial charge on any atom is 0.266 e. The van der Waals surface area contributed by atoms with Crippen molar-refractivity contribution < 1.29 is 0 Å². The summed E-state index contributed by atoms with van der Waals surface area (Å²) in [5.41, 5.74) is 4.13. The van der Waals surface area contributed by atoms with E-state index in [1.54, 1.807) is 10.8 Å². The van der Waals surface area contributed by atoms with Gasteiger partial charge in [0.05, 0.1) is 16.6 Å². The Hall–Kier alpha value is -3.66. The monoisotopic (exact) mass is 337 g/mol. The van der Waals surface area contributed by atoms with Gasteiger partial charge in [-0.3, -0.25) is 9.36 Å². The summed E-state index contributed by atoms with van der Waals surface area (Å²) >= 11 is 0. The molecule has 0 aliphatic rings. The van der Waals surface area contributed by atoms with Crippen molar-refractivity contribution in [2.24, 2.45) is 0 Å². The van der Waals surface area contributed by atoms with Gasteiger partial charge in [0, 0.05) is 23.3 Å². The molecule has 0 bridgehead atoms. The van der Waals surface area contributed by atoms with Gasteiger partial charge in [-0.2, -0.15) is 0 Å². The van der Waals surface area contributed by atoms with Crippen LogP contribution >= 0.6 is 0 Å². The molecule has 0 unspecified atom stereocenters. The van der Waals surface area contributed by atoms with Crippen molar-refractivity contribution >= 4 is 21.9 Å². The summed E-state index contributed by atoms with van der Waals surface area (Å²) in [5.74, 6) is 0.